The first-order valence-electron chi connectivity index (χ1n) is 10.7. The molecule has 0 radical (unpaired) electrons. The third-order valence-electron chi connectivity index (χ3n) is 6.35. The van der Waals surface area contributed by atoms with Crippen molar-refractivity contribution in [3.05, 3.63) is 99.7 Å². The Morgan fingerprint density at radius 2 is 1.75 bits per heavy atom. The van der Waals surface area contributed by atoms with Crippen LogP contribution in [0.4, 0.5) is 8.78 Å². The molecule has 2 N–H and O–H groups in total. The third-order valence-corrected chi connectivity index (χ3v) is 6.35. The molecule has 0 bridgehead atoms. The van der Waals surface area contributed by atoms with Gasteiger partial charge in [0.2, 0.25) is 5.88 Å². The molecule has 1 aliphatic carbocycles. The van der Waals surface area contributed by atoms with Crippen molar-refractivity contribution < 1.29 is 13.5 Å². The van der Waals surface area contributed by atoms with Crippen LogP contribution in [0, 0.1) is 34.3 Å². The van der Waals surface area contributed by atoms with Crippen molar-refractivity contribution in [1.82, 2.24) is 0 Å². The van der Waals surface area contributed by atoms with E-state index in [1.165, 1.54) is 24.3 Å². The maximum atomic E-state index is 14.1. The van der Waals surface area contributed by atoms with Crippen LogP contribution in [0.2, 0.25) is 0 Å². The van der Waals surface area contributed by atoms with Gasteiger partial charge in [0.05, 0.1) is 0 Å². The van der Waals surface area contributed by atoms with Gasteiger partial charge in [-0.05, 0) is 76.8 Å². The van der Waals surface area contributed by atoms with Crippen molar-refractivity contribution in [3.8, 4) is 6.07 Å². The van der Waals surface area contributed by atoms with Crippen LogP contribution in [0.15, 0.2) is 76.9 Å². The van der Waals surface area contributed by atoms with E-state index in [1.807, 2.05) is 18.2 Å². The van der Waals surface area contributed by atoms with Crippen LogP contribution in [0.25, 0.3) is 6.08 Å². The molecule has 0 saturated heterocycles. The Labute approximate surface area is 187 Å². The molecule has 1 aliphatic heterocycles. The average Bonchev–Trinajstić information content (AvgIpc) is 2.72. The van der Waals surface area contributed by atoms with E-state index in [2.05, 4.69) is 26.8 Å². The molecular formula is C27H26F2N2O. The van der Waals surface area contributed by atoms with Crippen LogP contribution < -0.4 is 5.73 Å². The minimum atomic E-state index is -0.486. The van der Waals surface area contributed by atoms with Gasteiger partial charge >= 0.3 is 0 Å². The van der Waals surface area contributed by atoms with Crippen LogP contribution in [0.1, 0.15) is 50.7 Å². The highest BCUT2D eigenvalue weighted by molar-refractivity contribution is 5.62. The molecule has 4 rings (SSSR count). The van der Waals surface area contributed by atoms with Gasteiger partial charge in [0, 0.05) is 5.92 Å². The monoisotopic (exact) mass is 432 g/mol. The van der Waals surface area contributed by atoms with Gasteiger partial charge in [0.1, 0.15) is 29.0 Å². The molecule has 0 fully saturated rings. The SMILES string of the molecule is CC(C)(C)[C@@H]1CC2=C(OC(N)=C(C#N)[C@@H]2c2cccc(F)c2)/C(=C/c2cccc(F)c2)C1. The minimum Gasteiger partial charge on any atom is -0.440 e. The number of hydrogen-bond acceptors (Lipinski definition) is 3. The lowest BCUT2D eigenvalue weighted by molar-refractivity contribution is 0.200. The number of ether oxygens (including phenoxy) is 1. The lowest BCUT2D eigenvalue weighted by atomic mass is 9.66. The maximum Gasteiger partial charge on any atom is 0.205 e. The Morgan fingerprint density at radius 3 is 2.38 bits per heavy atom. The van der Waals surface area contributed by atoms with Crippen LogP contribution >= 0.6 is 0 Å². The molecule has 0 amide bonds. The number of halogens is 2. The third kappa shape index (κ3) is 4.18. The molecule has 2 aromatic carbocycles. The predicted octanol–water partition coefficient (Wildman–Crippen LogP) is 6.57. The van der Waals surface area contributed by atoms with E-state index in [1.54, 1.807) is 12.1 Å². The number of nitriles is 1. The van der Waals surface area contributed by atoms with Gasteiger partial charge in [0.25, 0.3) is 0 Å². The summed E-state index contributed by atoms with van der Waals surface area (Å²) in [6.45, 7) is 6.54. The van der Waals surface area contributed by atoms with Crippen molar-refractivity contribution in [3.63, 3.8) is 0 Å². The molecule has 3 nitrogen and oxygen atoms in total. The summed E-state index contributed by atoms with van der Waals surface area (Å²) >= 11 is 0. The molecule has 1 heterocycles. The fraction of sp³-hybridized carbons (Fsp3) is 0.296. The van der Waals surface area contributed by atoms with Gasteiger partial charge in [-0.2, -0.15) is 5.26 Å². The van der Waals surface area contributed by atoms with Gasteiger partial charge in [-0.3, -0.25) is 0 Å². The van der Waals surface area contributed by atoms with E-state index in [0.717, 1.165) is 23.1 Å². The average molecular weight is 433 g/mol. The van der Waals surface area contributed by atoms with E-state index in [0.29, 0.717) is 17.7 Å². The standard InChI is InChI=1S/C27H26F2N2O/c1-27(2,3)19-12-18(10-16-6-4-8-20(28)11-16)25-22(14-19)24(23(15-30)26(31)32-25)17-7-5-9-21(29)13-17/h4-11,13,19,24H,12,14,31H2,1-3H3/b18-10+/t19-,24+/m0/s1. The summed E-state index contributed by atoms with van der Waals surface area (Å²) < 4.78 is 34.0. The zero-order valence-electron chi connectivity index (χ0n) is 18.5. The van der Waals surface area contributed by atoms with Gasteiger partial charge < -0.3 is 10.5 Å². The Kier molecular flexibility index (Phi) is 5.64. The molecule has 2 aromatic rings. The predicted molar refractivity (Wildman–Crippen MR) is 121 cm³/mol. The number of hydrogen-bond donors (Lipinski definition) is 1. The number of allylic oxidation sites excluding steroid dienone is 3. The quantitative estimate of drug-likeness (QED) is 0.584. The van der Waals surface area contributed by atoms with Gasteiger partial charge in [-0.15, -0.1) is 0 Å². The molecule has 2 aliphatic rings. The molecule has 164 valence electrons. The van der Waals surface area contributed by atoms with Crippen molar-refractivity contribution in [2.24, 2.45) is 17.1 Å². The molecule has 0 aromatic heterocycles. The fourth-order valence-corrected chi connectivity index (χ4v) is 4.56. The summed E-state index contributed by atoms with van der Waals surface area (Å²) in [6, 6.07) is 14.8. The van der Waals surface area contributed by atoms with Gasteiger partial charge in [-0.1, -0.05) is 45.0 Å². The van der Waals surface area contributed by atoms with Gasteiger partial charge in [-0.25, -0.2) is 8.78 Å². The van der Waals surface area contributed by atoms with Crippen LogP contribution in [-0.2, 0) is 4.74 Å². The summed E-state index contributed by atoms with van der Waals surface area (Å²) in [7, 11) is 0. The first-order chi connectivity index (χ1) is 15.2. The van der Waals surface area contributed by atoms with Crippen molar-refractivity contribution in [1.29, 1.82) is 5.26 Å². The Morgan fingerprint density at radius 1 is 1.06 bits per heavy atom. The number of rotatable bonds is 2. The molecule has 2 atom stereocenters. The highest BCUT2D eigenvalue weighted by Gasteiger charge is 2.41. The zero-order chi connectivity index (χ0) is 23.0. The van der Waals surface area contributed by atoms with Crippen molar-refractivity contribution >= 4 is 6.08 Å². The maximum absolute atomic E-state index is 14.1. The van der Waals surface area contributed by atoms with Crippen molar-refractivity contribution in [2.45, 2.75) is 39.5 Å². The minimum absolute atomic E-state index is 0.0223. The highest BCUT2D eigenvalue weighted by Crippen LogP contribution is 2.51. The van der Waals surface area contributed by atoms with Crippen LogP contribution in [0.5, 0.6) is 0 Å². The molecule has 5 heteroatoms. The lowest BCUT2D eigenvalue weighted by Gasteiger charge is -2.41. The van der Waals surface area contributed by atoms with E-state index >= 15 is 0 Å². The van der Waals surface area contributed by atoms with Crippen molar-refractivity contribution in [2.75, 3.05) is 0 Å². The van der Waals surface area contributed by atoms with Crippen LogP contribution in [0.3, 0.4) is 0 Å². The first-order valence-corrected chi connectivity index (χ1v) is 10.7. The second-order valence-corrected chi connectivity index (χ2v) is 9.53. The molecule has 0 saturated carbocycles. The number of nitrogens with two attached hydrogens (primary N) is 1. The summed E-state index contributed by atoms with van der Waals surface area (Å²) in [5, 5.41) is 9.87. The van der Waals surface area contributed by atoms with E-state index in [9.17, 15) is 14.0 Å². The smallest absolute Gasteiger partial charge is 0.205 e. The lowest BCUT2D eigenvalue weighted by Crippen LogP contribution is -2.31. The number of nitrogens with zero attached hydrogens (tertiary/aromatic N) is 1. The second kappa shape index (κ2) is 8.27. The zero-order valence-corrected chi connectivity index (χ0v) is 18.5. The van der Waals surface area contributed by atoms with E-state index < -0.39 is 5.92 Å². The topological polar surface area (TPSA) is 59.0 Å². The first kappa shape index (κ1) is 21.8. The fourth-order valence-electron chi connectivity index (χ4n) is 4.56. The summed E-state index contributed by atoms with van der Waals surface area (Å²) in [5.74, 6) is -0.281. The Bertz CT molecular complexity index is 1190. The Balaban J connectivity index is 1.92. The molecule has 0 spiro atoms. The van der Waals surface area contributed by atoms with Crippen LogP contribution in [-0.4, -0.2) is 0 Å². The second-order valence-electron chi connectivity index (χ2n) is 9.53. The molecule has 0 unspecified atom stereocenters. The Hall–Kier alpha value is -3.39. The normalized spacial score (nSPS) is 22.4. The summed E-state index contributed by atoms with van der Waals surface area (Å²) in [5.41, 5.74) is 9.65. The van der Waals surface area contributed by atoms with E-state index in [-0.39, 0.29) is 34.4 Å². The van der Waals surface area contributed by atoms with E-state index in [4.69, 9.17) is 10.5 Å². The summed E-state index contributed by atoms with van der Waals surface area (Å²) in [4.78, 5) is 0. The van der Waals surface area contributed by atoms with Gasteiger partial charge in [0.15, 0.2) is 0 Å². The largest absolute Gasteiger partial charge is 0.440 e. The summed E-state index contributed by atoms with van der Waals surface area (Å²) in [6.07, 6.45) is 3.34. The number of benzene rings is 2. The highest BCUT2D eigenvalue weighted by atomic mass is 19.1. The molecule has 32 heavy (non-hydrogen) atoms. The molecular weight excluding hydrogens is 406 g/mol.